The number of aryl methyl sites for hydroxylation is 2. The molecule has 2 heterocycles. The fourth-order valence-electron chi connectivity index (χ4n) is 2.87. The van der Waals surface area contributed by atoms with Gasteiger partial charge in [0.25, 0.3) is 5.22 Å². The molecular weight excluding hydrogens is 418 g/mol. The van der Waals surface area contributed by atoms with Gasteiger partial charge in [-0.15, -0.1) is 21.5 Å². The first-order valence-corrected chi connectivity index (χ1v) is 11.1. The van der Waals surface area contributed by atoms with Crippen LogP contribution in [-0.2, 0) is 5.75 Å². The van der Waals surface area contributed by atoms with Crippen LogP contribution in [0.3, 0.4) is 0 Å². The predicted octanol–water partition coefficient (Wildman–Crippen LogP) is 5.79. The van der Waals surface area contributed by atoms with Gasteiger partial charge in [-0.3, -0.25) is 0 Å². The van der Waals surface area contributed by atoms with Crippen molar-refractivity contribution in [1.82, 2.24) is 15.2 Å². The van der Waals surface area contributed by atoms with E-state index >= 15 is 0 Å². The molecule has 0 saturated heterocycles. The Kier molecular flexibility index (Phi) is 6.06. The van der Waals surface area contributed by atoms with Crippen molar-refractivity contribution in [3.63, 3.8) is 0 Å². The Morgan fingerprint density at radius 2 is 1.73 bits per heavy atom. The topological polar surface area (TPSA) is 70.3 Å². The Morgan fingerprint density at radius 1 is 0.933 bits per heavy atom. The minimum absolute atomic E-state index is 0.531. The van der Waals surface area contributed by atoms with Crippen molar-refractivity contribution in [3.8, 4) is 33.5 Å². The fourth-order valence-corrected chi connectivity index (χ4v) is 4.45. The fraction of sp³-hybridized carbons (Fsp3) is 0.227. The second kappa shape index (κ2) is 8.89. The minimum atomic E-state index is 0.531. The molecule has 6 nitrogen and oxygen atoms in total. The molecule has 0 bridgehead atoms. The number of benzene rings is 2. The van der Waals surface area contributed by atoms with Crippen LogP contribution >= 0.6 is 23.1 Å². The highest BCUT2D eigenvalue weighted by atomic mass is 32.2. The van der Waals surface area contributed by atoms with Crippen molar-refractivity contribution < 1.29 is 13.9 Å². The zero-order valence-corrected chi connectivity index (χ0v) is 18.8. The molecule has 0 amide bonds. The molecule has 4 rings (SSSR count). The lowest BCUT2D eigenvalue weighted by Gasteiger charge is -2.08. The van der Waals surface area contributed by atoms with E-state index in [0.717, 1.165) is 21.8 Å². The maximum atomic E-state index is 5.82. The van der Waals surface area contributed by atoms with E-state index in [1.54, 1.807) is 25.6 Å². The third-order valence-electron chi connectivity index (χ3n) is 4.69. The molecular formula is C22H21N3O3S2. The Labute approximate surface area is 183 Å². The summed E-state index contributed by atoms with van der Waals surface area (Å²) in [5.74, 6) is 2.57. The summed E-state index contributed by atoms with van der Waals surface area (Å²) in [6.45, 7) is 4.15. The van der Waals surface area contributed by atoms with Crippen molar-refractivity contribution in [2.75, 3.05) is 14.2 Å². The van der Waals surface area contributed by atoms with Gasteiger partial charge in [0.15, 0.2) is 11.5 Å². The summed E-state index contributed by atoms with van der Waals surface area (Å²) in [5, 5.41) is 11.8. The highest BCUT2D eigenvalue weighted by Crippen LogP contribution is 2.34. The van der Waals surface area contributed by atoms with Gasteiger partial charge in [-0.05, 0) is 55.3 Å². The normalized spacial score (nSPS) is 10.9. The molecule has 2 aromatic heterocycles. The predicted molar refractivity (Wildman–Crippen MR) is 119 cm³/mol. The van der Waals surface area contributed by atoms with Crippen LogP contribution < -0.4 is 9.47 Å². The number of thiazole rings is 1. The highest BCUT2D eigenvalue weighted by Gasteiger charge is 2.13. The number of ether oxygens (including phenoxy) is 2. The van der Waals surface area contributed by atoms with Crippen molar-refractivity contribution in [2.45, 2.75) is 24.8 Å². The second-order valence-electron chi connectivity index (χ2n) is 6.67. The van der Waals surface area contributed by atoms with Crippen LogP contribution in [-0.4, -0.2) is 29.4 Å². The molecule has 8 heteroatoms. The van der Waals surface area contributed by atoms with Crippen LogP contribution in [0.25, 0.3) is 22.0 Å². The Balaban J connectivity index is 1.44. The van der Waals surface area contributed by atoms with E-state index in [4.69, 9.17) is 18.9 Å². The van der Waals surface area contributed by atoms with E-state index < -0.39 is 0 Å². The lowest BCUT2D eigenvalue weighted by Crippen LogP contribution is -1.90. The van der Waals surface area contributed by atoms with E-state index in [2.05, 4.69) is 36.2 Å². The van der Waals surface area contributed by atoms with Gasteiger partial charge in [-0.1, -0.05) is 17.8 Å². The van der Waals surface area contributed by atoms with Crippen LogP contribution in [0.15, 0.2) is 51.4 Å². The first-order chi connectivity index (χ1) is 14.6. The first-order valence-electron chi connectivity index (χ1n) is 9.28. The van der Waals surface area contributed by atoms with Crippen molar-refractivity contribution in [1.29, 1.82) is 0 Å². The molecule has 0 N–H and O–H groups in total. The standard InChI is InChI=1S/C22H21N3O3S2/c1-13-5-6-15(9-14(13)2)20-24-25-22(28-20)30-12-17-11-29-21(23-17)16-7-8-18(26-3)19(10-16)27-4/h5-11H,12H2,1-4H3. The number of rotatable bonds is 7. The molecule has 0 aliphatic heterocycles. The Morgan fingerprint density at radius 3 is 2.50 bits per heavy atom. The van der Waals surface area contributed by atoms with Gasteiger partial charge < -0.3 is 13.9 Å². The largest absolute Gasteiger partial charge is 0.493 e. The van der Waals surface area contributed by atoms with Gasteiger partial charge in [0.2, 0.25) is 5.89 Å². The molecule has 0 saturated carbocycles. The Hall–Kier alpha value is -2.84. The average Bonchev–Trinajstić information content (AvgIpc) is 3.43. The third-order valence-corrected chi connectivity index (χ3v) is 6.48. The lowest BCUT2D eigenvalue weighted by molar-refractivity contribution is 0.355. The molecule has 0 aliphatic carbocycles. The summed E-state index contributed by atoms with van der Waals surface area (Å²) in [4.78, 5) is 4.72. The number of thioether (sulfide) groups is 1. The van der Waals surface area contributed by atoms with Crippen LogP contribution in [0.2, 0.25) is 0 Å². The molecule has 0 spiro atoms. The van der Waals surface area contributed by atoms with E-state index in [-0.39, 0.29) is 0 Å². The van der Waals surface area contributed by atoms with E-state index in [9.17, 15) is 0 Å². The van der Waals surface area contributed by atoms with Crippen molar-refractivity contribution in [3.05, 3.63) is 58.6 Å². The lowest BCUT2D eigenvalue weighted by atomic mass is 10.1. The molecule has 0 radical (unpaired) electrons. The van der Waals surface area contributed by atoms with E-state index in [0.29, 0.717) is 28.4 Å². The number of hydrogen-bond donors (Lipinski definition) is 0. The van der Waals surface area contributed by atoms with E-state index in [1.807, 2.05) is 29.6 Å². The number of hydrogen-bond acceptors (Lipinski definition) is 8. The first kappa shape index (κ1) is 20.4. The summed E-state index contributed by atoms with van der Waals surface area (Å²) in [6.07, 6.45) is 0. The molecule has 154 valence electrons. The monoisotopic (exact) mass is 439 g/mol. The van der Waals surface area contributed by atoms with Gasteiger partial charge in [-0.2, -0.15) is 0 Å². The summed E-state index contributed by atoms with van der Waals surface area (Å²) in [7, 11) is 3.25. The van der Waals surface area contributed by atoms with Crippen LogP contribution in [0, 0.1) is 13.8 Å². The molecule has 4 aromatic rings. The smallest absolute Gasteiger partial charge is 0.277 e. The van der Waals surface area contributed by atoms with Crippen LogP contribution in [0.5, 0.6) is 11.5 Å². The zero-order chi connectivity index (χ0) is 21.1. The van der Waals surface area contributed by atoms with Crippen LogP contribution in [0.1, 0.15) is 16.8 Å². The maximum absolute atomic E-state index is 5.82. The van der Waals surface area contributed by atoms with Gasteiger partial charge in [0.1, 0.15) is 5.01 Å². The Bertz CT molecular complexity index is 1170. The van der Waals surface area contributed by atoms with Gasteiger partial charge in [0.05, 0.1) is 19.9 Å². The molecule has 0 atom stereocenters. The van der Waals surface area contributed by atoms with Crippen molar-refractivity contribution >= 4 is 23.1 Å². The average molecular weight is 440 g/mol. The molecule has 0 unspecified atom stereocenters. The zero-order valence-electron chi connectivity index (χ0n) is 17.1. The van der Waals surface area contributed by atoms with Gasteiger partial charge >= 0.3 is 0 Å². The summed E-state index contributed by atoms with van der Waals surface area (Å²) < 4.78 is 16.5. The molecule has 2 aromatic carbocycles. The summed E-state index contributed by atoms with van der Waals surface area (Å²) in [5.41, 5.74) is 5.32. The molecule has 0 aliphatic rings. The number of nitrogens with zero attached hydrogens (tertiary/aromatic N) is 3. The number of aromatic nitrogens is 3. The molecule has 0 fully saturated rings. The van der Waals surface area contributed by atoms with E-state index in [1.165, 1.54) is 22.9 Å². The third kappa shape index (κ3) is 4.34. The summed E-state index contributed by atoms with van der Waals surface area (Å²) in [6, 6.07) is 11.9. The number of methoxy groups -OCH3 is 2. The van der Waals surface area contributed by atoms with Crippen LogP contribution in [0.4, 0.5) is 0 Å². The van der Waals surface area contributed by atoms with Crippen molar-refractivity contribution in [2.24, 2.45) is 0 Å². The van der Waals surface area contributed by atoms with Gasteiger partial charge in [-0.25, -0.2) is 4.98 Å². The van der Waals surface area contributed by atoms with Gasteiger partial charge in [0, 0.05) is 22.3 Å². The quantitative estimate of drug-likeness (QED) is 0.338. The second-order valence-corrected chi connectivity index (χ2v) is 8.46. The molecule has 30 heavy (non-hydrogen) atoms. The minimum Gasteiger partial charge on any atom is -0.493 e. The maximum Gasteiger partial charge on any atom is 0.277 e. The summed E-state index contributed by atoms with van der Waals surface area (Å²) >= 11 is 3.07. The SMILES string of the molecule is COc1ccc(-c2nc(CSc3nnc(-c4ccc(C)c(C)c4)o3)cs2)cc1OC. The highest BCUT2D eigenvalue weighted by molar-refractivity contribution is 7.98.